The van der Waals surface area contributed by atoms with Gasteiger partial charge in [-0.3, -0.25) is 14.7 Å². The lowest BCUT2D eigenvalue weighted by atomic mass is 9.99. The molecule has 0 bridgehead atoms. The number of para-hydroxylation sites is 1. The molecule has 0 aliphatic carbocycles. The summed E-state index contributed by atoms with van der Waals surface area (Å²) < 4.78 is 23.0. The topological polar surface area (TPSA) is 73.4 Å². The number of ether oxygens (including phenoxy) is 4. The van der Waals surface area contributed by atoms with E-state index in [1.54, 1.807) is 6.20 Å². The highest BCUT2D eigenvalue weighted by Crippen LogP contribution is 2.36. The lowest BCUT2D eigenvalue weighted by molar-refractivity contribution is -0.133. The van der Waals surface area contributed by atoms with Crippen LogP contribution in [0, 0.1) is 5.92 Å². The van der Waals surface area contributed by atoms with E-state index in [1.807, 2.05) is 41.3 Å². The van der Waals surface area contributed by atoms with Gasteiger partial charge in [0.1, 0.15) is 0 Å². The third-order valence-corrected chi connectivity index (χ3v) is 6.48. The van der Waals surface area contributed by atoms with Gasteiger partial charge in [0.25, 0.3) is 0 Å². The largest absolute Gasteiger partial charge is 0.454 e. The van der Waals surface area contributed by atoms with Crippen LogP contribution in [0.4, 0.5) is 0 Å². The number of hydrogen-bond acceptors (Lipinski definition) is 7. The Bertz CT molecular complexity index is 935. The minimum Gasteiger partial charge on any atom is -0.454 e. The van der Waals surface area contributed by atoms with E-state index in [4.69, 9.17) is 18.9 Å². The van der Waals surface area contributed by atoms with Crippen molar-refractivity contribution in [2.45, 2.75) is 32.1 Å². The van der Waals surface area contributed by atoms with Crippen LogP contribution in [0.5, 0.6) is 11.5 Å². The fourth-order valence-electron chi connectivity index (χ4n) is 4.73. The van der Waals surface area contributed by atoms with E-state index in [1.165, 1.54) is 0 Å². The van der Waals surface area contributed by atoms with Gasteiger partial charge >= 0.3 is 0 Å². The second-order valence-electron chi connectivity index (χ2n) is 8.93. The van der Waals surface area contributed by atoms with Gasteiger partial charge in [-0.1, -0.05) is 18.2 Å². The Labute approximate surface area is 194 Å². The van der Waals surface area contributed by atoms with Crippen molar-refractivity contribution < 1.29 is 23.7 Å². The molecule has 2 aromatic rings. The smallest absolute Gasteiger partial charge is 0.236 e. The summed E-state index contributed by atoms with van der Waals surface area (Å²) in [6, 6.07) is 11.7. The molecular weight excluding hydrogens is 422 g/mol. The standard InChI is InChI=1S/C25H31N3O5/c29-24-16-27(13-20-4-3-6-23-25(20)33-18-32-23)14-22(31-17-21-5-1-2-9-26-21)15-28(24)12-19-7-10-30-11-8-19/h1-6,9,19,22H,7-8,10-18H2. The van der Waals surface area contributed by atoms with Gasteiger partial charge in [0, 0.05) is 51.2 Å². The van der Waals surface area contributed by atoms with Crippen molar-refractivity contribution in [3.8, 4) is 11.5 Å². The van der Waals surface area contributed by atoms with Crippen molar-refractivity contribution in [1.29, 1.82) is 0 Å². The molecule has 3 aliphatic heterocycles. The molecule has 8 nitrogen and oxygen atoms in total. The quantitative estimate of drug-likeness (QED) is 0.638. The molecule has 0 saturated carbocycles. The maximum Gasteiger partial charge on any atom is 0.236 e. The highest BCUT2D eigenvalue weighted by molar-refractivity contribution is 5.78. The minimum atomic E-state index is -0.104. The zero-order valence-corrected chi connectivity index (χ0v) is 18.9. The summed E-state index contributed by atoms with van der Waals surface area (Å²) in [6.07, 6.45) is 3.67. The van der Waals surface area contributed by atoms with Gasteiger partial charge in [-0.2, -0.15) is 0 Å². The average molecular weight is 454 g/mol. The molecule has 33 heavy (non-hydrogen) atoms. The molecule has 0 radical (unpaired) electrons. The Hall–Kier alpha value is -2.68. The van der Waals surface area contributed by atoms with Crippen LogP contribution in [0.2, 0.25) is 0 Å². The summed E-state index contributed by atoms with van der Waals surface area (Å²) in [5, 5.41) is 0. The summed E-state index contributed by atoms with van der Waals surface area (Å²) in [4.78, 5) is 21.8. The van der Waals surface area contributed by atoms with Crippen LogP contribution < -0.4 is 9.47 Å². The Morgan fingerprint density at radius 2 is 1.97 bits per heavy atom. The van der Waals surface area contributed by atoms with Gasteiger partial charge in [0.15, 0.2) is 11.5 Å². The summed E-state index contributed by atoms with van der Waals surface area (Å²) in [6.45, 7) is 5.19. The van der Waals surface area contributed by atoms with Crippen LogP contribution in [0.3, 0.4) is 0 Å². The molecular formula is C25H31N3O5. The van der Waals surface area contributed by atoms with Crippen LogP contribution in [-0.4, -0.2) is 73.0 Å². The van der Waals surface area contributed by atoms with Crippen LogP contribution in [0.1, 0.15) is 24.1 Å². The van der Waals surface area contributed by atoms with Crippen LogP contribution in [0.25, 0.3) is 0 Å². The van der Waals surface area contributed by atoms with Gasteiger partial charge in [-0.25, -0.2) is 0 Å². The first kappa shape index (κ1) is 22.1. The monoisotopic (exact) mass is 453 g/mol. The molecule has 5 rings (SSSR count). The number of carbonyl (C=O) groups excluding carboxylic acids is 1. The minimum absolute atomic E-state index is 0.104. The molecule has 1 amide bonds. The predicted molar refractivity (Wildman–Crippen MR) is 121 cm³/mol. The Morgan fingerprint density at radius 1 is 1.06 bits per heavy atom. The maximum atomic E-state index is 13.3. The van der Waals surface area contributed by atoms with Crippen LogP contribution in [-0.2, 0) is 27.4 Å². The number of benzene rings is 1. The number of fused-ring (bicyclic) bond motifs is 1. The molecule has 1 aromatic heterocycles. The third-order valence-electron chi connectivity index (χ3n) is 6.48. The van der Waals surface area contributed by atoms with Crippen molar-refractivity contribution in [3.05, 3.63) is 53.9 Å². The number of hydrogen-bond donors (Lipinski definition) is 0. The first-order chi connectivity index (χ1) is 16.2. The summed E-state index contributed by atoms with van der Waals surface area (Å²) in [5.41, 5.74) is 1.92. The number of rotatable bonds is 7. The van der Waals surface area contributed by atoms with E-state index in [9.17, 15) is 4.79 Å². The molecule has 2 fully saturated rings. The lowest BCUT2D eigenvalue weighted by Crippen LogP contribution is -2.42. The number of pyridine rings is 1. The van der Waals surface area contributed by atoms with Crippen molar-refractivity contribution >= 4 is 5.91 Å². The van der Waals surface area contributed by atoms with Crippen molar-refractivity contribution in [2.75, 3.05) is 46.2 Å². The van der Waals surface area contributed by atoms with E-state index in [2.05, 4.69) is 9.88 Å². The molecule has 8 heteroatoms. The van der Waals surface area contributed by atoms with Crippen molar-refractivity contribution in [3.63, 3.8) is 0 Å². The molecule has 2 saturated heterocycles. The number of nitrogens with zero attached hydrogens (tertiary/aromatic N) is 3. The fraction of sp³-hybridized carbons (Fsp3) is 0.520. The number of aromatic nitrogens is 1. The molecule has 1 aromatic carbocycles. The highest BCUT2D eigenvalue weighted by atomic mass is 16.7. The maximum absolute atomic E-state index is 13.3. The molecule has 1 atom stereocenters. The number of amides is 1. The summed E-state index contributed by atoms with van der Waals surface area (Å²) in [5.74, 6) is 2.17. The number of carbonyl (C=O) groups is 1. The van der Waals surface area contributed by atoms with Crippen LogP contribution in [0.15, 0.2) is 42.6 Å². The van der Waals surface area contributed by atoms with Gasteiger partial charge in [0.2, 0.25) is 12.7 Å². The fourth-order valence-corrected chi connectivity index (χ4v) is 4.73. The second kappa shape index (κ2) is 10.5. The average Bonchev–Trinajstić information content (AvgIpc) is 3.28. The van der Waals surface area contributed by atoms with E-state index < -0.39 is 0 Å². The SMILES string of the molecule is O=C1CN(Cc2cccc3c2OCO3)CC(OCc2ccccn2)CN1CC1CCOCC1. The molecule has 0 N–H and O–H groups in total. The molecule has 176 valence electrons. The summed E-state index contributed by atoms with van der Waals surface area (Å²) in [7, 11) is 0. The Balaban J connectivity index is 1.30. The zero-order valence-electron chi connectivity index (χ0n) is 18.9. The third kappa shape index (κ3) is 5.63. The zero-order chi connectivity index (χ0) is 22.5. The Kier molecular flexibility index (Phi) is 7.04. The highest BCUT2D eigenvalue weighted by Gasteiger charge is 2.31. The van der Waals surface area contributed by atoms with Gasteiger partial charge in [0.05, 0.1) is 24.9 Å². The van der Waals surface area contributed by atoms with Crippen molar-refractivity contribution in [2.24, 2.45) is 5.92 Å². The molecule has 4 heterocycles. The normalized spacial score (nSPS) is 21.9. The van der Waals surface area contributed by atoms with Crippen LogP contribution >= 0.6 is 0 Å². The van der Waals surface area contributed by atoms with E-state index in [0.29, 0.717) is 38.7 Å². The van der Waals surface area contributed by atoms with Gasteiger partial charge in [-0.05, 0) is 37.0 Å². The predicted octanol–water partition coefficient (Wildman–Crippen LogP) is 2.47. The van der Waals surface area contributed by atoms with E-state index >= 15 is 0 Å². The van der Waals surface area contributed by atoms with E-state index in [0.717, 1.165) is 55.4 Å². The molecule has 0 spiro atoms. The molecule has 3 aliphatic rings. The Morgan fingerprint density at radius 3 is 2.82 bits per heavy atom. The summed E-state index contributed by atoms with van der Waals surface area (Å²) >= 11 is 0. The second-order valence-corrected chi connectivity index (χ2v) is 8.93. The first-order valence-electron chi connectivity index (χ1n) is 11.7. The van der Waals surface area contributed by atoms with Gasteiger partial charge < -0.3 is 23.8 Å². The van der Waals surface area contributed by atoms with Gasteiger partial charge in [-0.15, -0.1) is 0 Å². The lowest BCUT2D eigenvalue weighted by Gasteiger charge is -2.30. The molecule has 1 unspecified atom stereocenters. The van der Waals surface area contributed by atoms with E-state index in [-0.39, 0.29) is 18.8 Å². The van der Waals surface area contributed by atoms with Crippen molar-refractivity contribution in [1.82, 2.24) is 14.8 Å². The first-order valence-corrected chi connectivity index (χ1v) is 11.7.